The quantitative estimate of drug-likeness (QED) is 0.180. The fourth-order valence-electron chi connectivity index (χ4n) is 4.41. The number of aromatic nitrogens is 3. The molecule has 0 saturated carbocycles. The van der Waals surface area contributed by atoms with Gasteiger partial charge in [-0.3, -0.25) is 0 Å². The normalized spacial score (nSPS) is 12.8. The second-order valence-corrected chi connectivity index (χ2v) is 11.0. The summed E-state index contributed by atoms with van der Waals surface area (Å²) in [6, 6.07) is 21.1. The summed E-state index contributed by atoms with van der Waals surface area (Å²) in [5, 5.41) is 1.32. The van der Waals surface area contributed by atoms with Gasteiger partial charge in [-0.05, 0) is 87.7 Å². The topological polar surface area (TPSA) is 38.7 Å². The monoisotopic (exact) mass is 668 g/mol. The summed E-state index contributed by atoms with van der Waals surface area (Å²) in [6.45, 7) is 6.70. The summed E-state index contributed by atoms with van der Waals surface area (Å²) in [7, 11) is 0. The van der Waals surface area contributed by atoms with Crippen LogP contribution in [-0.4, -0.2) is 15.0 Å². The fraction of sp³-hybridized carbons (Fsp3) is 0.258. The minimum atomic E-state index is 0. The Labute approximate surface area is 231 Å². The second kappa shape index (κ2) is 11.6. The molecule has 0 bridgehead atoms. The van der Waals surface area contributed by atoms with Crippen molar-refractivity contribution in [3.8, 4) is 22.5 Å². The average molecular weight is 668 g/mol. The number of fused-ring (bicyclic) bond motifs is 3. The summed E-state index contributed by atoms with van der Waals surface area (Å²) in [4.78, 5) is 14.8. The SMILES string of the molecule is CC(C)(C)c1ccnc(-c2[c-]ncc3c4c(sc23)CCCC4)c1.[Ir].[c-]1ccccc1-c1ccccn1. The molecular formula is C31H29IrN3S-2. The van der Waals surface area contributed by atoms with Crippen molar-refractivity contribution >= 4 is 21.4 Å². The molecule has 0 saturated heterocycles. The van der Waals surface area contributed by atoms with Crippen LogP contribution in [0, 0.1) is 12.3 Å². The molecule has 5 aromatic rings. The molecule has 1 aromatic carbocycles. The van der Waals surface area contributed by atoms with E-state index in [4.69, 9.17) is 0 Å². The standard InChI is InChI=1S/C20H21N2S.C11H8N.Ir/c1-20(2,3)13-8-9-22-17(10-13)16-12-21-11-15-14-6-4-5-7-18(14)23-19(15)16;1-2-6-10(7-3-1)11-8-4-5-9-12-11;/h8-11H,4-7H2,1-3H3;1-6,8-9H;/q2*-1;. The molecule has 0 spiro atoms. The molecule has 185 valence electrons. The molecular weight excluding hydrogens is 639 g/mol. The summed E-state index contributed by atoms with van der Waals surface area (Å²) < 4.78 is 1.31. The van der Waals surface area contributed by atoms with Gasteiger partial charge in [-0.1, -0.05) is 49.9 Å². The van der Waals surface area contributed by atoms with Crippen molar-refractivity contribution in [1.82, 2.24) is 15.0 Å². The van der Waals surface area contributed by atoms with E-state index >= 15 is 0 Å². The van der Waals surface area contributed by atoms with Crippen LogP contribution in [0.15, 0.2) is 73.2 Å². The van der Waals surface area contributed by atoms with E-state index in [1.807, 2.05) is 66.2 Å². The van der Waals surface area contributed by atoms with Crippen LogP contribution in [0.5, 0.6) is 0 Å². The number of rotatable bonds is 2. The Morgan fingerprint density at radius 1 is 0.889 bits per heavy atom. The zero-order chi connectivity index (χ0) is 24.3. The van der Waals surface area contributed by atoms with Crippen molar-refractivity contribution in [2.24, 2.45) is 0 Å². The van der Waals surface area contributed by atoms with Crippen LogP contribution in [0.4, 0.5) is 0 Å². The maximum absolute atomic E-state index is 4.61. The van der Waals surface area contributed by atoms with E-state index in [-0.39, 0.29) is 25.5 Å². The predicted molar refractivity (Wildman–Crippen MR) is 146 cm³/mol. The number of hydrogen-bond acceptors (Lipinski definition) is 4. The molecule has 1 radical (unpaired) electrons. The molecule has 1 aliphatic carbocycles. The van der Waals surface area contributed by atoms with E-state index in [1.165, 1.54) is 46.9 Å². The van der Waals surface area contributed by atoms with Gasteiger partial charge in [-0.2, -0.15) is 11.3 Å². The smallest absolute Gasteiger partial charge is 0.0163 e. The summed E-state index contributed by atoms with van der Waals surface area (Å²) in [6.07, 6.45) is 13.9. The Bertz CT molecular complexity index is 1390. The second-order valence-electron chi connectivity index (χ2n) is 9.87. The van der Waals surface area contributed by atoms with E-state index in [1.54, 1.807) is 11.1 Å². The van der Waals surface area contributed by atoms with Crippen molar-refractivity contribution in [2.45, 2.75) is 51.9 Å². The van der Waals surface area contributed by atoms with E-state index < -0.39 is 0 Å². The van der Waals surface area contributed by atoms with Gasteiger partial charge < -0.3 is 15.0 Å². The molecule has 36 heavy (non-hydrogen) atoms. The Morgan fingerprint density at radius 2 is 1.69 bits per heavy atom. The molecule has 5 heteroatoms. The number of benzene rings is 1. The Balaban J connectivity index is 0.000000198. The maximum atomic E-state index is 4.61. The first-order valence-corrected chi connectivity index (χ1v) is 13.0. The van der Waals surface area contributed by atoms with Crippen molar-refractivity contribution in [2.75, 3.05) is 0 Å². The first-order chi connectivity index (χ1) is 17.0. The molecule has 0 N–H and O–H groups in total. The van der Waals surface area contributed by atoms with Crippen molar-refractivity contribution in [1.29, 1.82) is 0 Å². The molecule has 0 amide bonds. The minimum Gasteiger partial charge on any atom is -0.359 e. The number of nitrogens with zero attached hydrogens (tertiary/aromatic N) is 3. The third kappa shape index (κ3) is 5.81. The number of aryl methyl sites for hydroxylation is 2. The van der Waals surface area contributed by atoms with Gasteiger partial charge in [0, 0.05) is 32.5 Å². The van der Waals surface area contributed by atoms with Gasteiger partial charge in [0.05, 0.1) is 0 Å². The number of hydrogen-bond donors (Lipinski definition) is 0. The fourth-order valence-corrected chi connectivity index (χ4v) is 5.77. The van der Waals surface area contributed by atoms with Gasteiger partial charge in [0.15, 0.2) is 0 Å². The largest absolute Gasteiger partial charge is 0.359 e. The molecule has 6 rings (SSSR count). The van der Waals surface area contributed by atoms with Crippen molar-refractivity contribution in [3.63, 3.8) is 0 Å². The van der Waals surface area contributed by atoms with Gasteiger partial charge in [-0.15, -0.1) is 35.9 Å². The maximum Gasteiger partial charge on any atom is 0.0163 e. The van der Waals surface area contributed by atoms with Gasteiger partial charge >= 0.3 is 0 Å². The van der Waals surface area contributed by atoms with E-state index in [0.717, 1.165) is 22.5 Å². The van der Waals surface area contributed by atoms with Gasteiger partial charge in [0.1, 0.15) is 0 Å². The Hall–Kier alpha value is -2.72. The third-order valence-electron chi connectivity index (χ3n) is 6.34. The molecule has 0 fully saturated rings. The van der Waals surface area contributed by atoms with Crippen LogP contribution >= 0.6 is 11.3 Å². The number of pyridine rings is 3. The van der Waals surface area contributed by atoms with Crippen LogP contribution in [0.1, 0.15) is 49.6 Å². The summed E-state index contributed by atoms with van der Waals surface area (Å²) >= 11 is 1.92. The first-order valence-electron chi connectivity index (χ1n) is 12.2. The predicted octanol–water partition coefficient (Wildman–Crippen LogP) is 7.88. The zero-order valence-corrected chi connectivity index (χ0v) is 24.1. The molecule has 0 atom stereocenters. The molecule has 4 heterocycles. The average Bonchev–Trinajstić information content (AvgIpc) is 3.29. The van der Waals surface area contributed by atoms with Gasteiger partial charge in [0.2, 0.25) is 0 Å². The van der Waals surface area contributed by atoms with Crippen LogP contribution in [0.3, 0.4) is 0 Å². The zero-order valence-electron chi connectivity index (χ0n) is 20.8. The van der Waals surface area contributed by atoms with E-state index in [2.05, 4.69) is 60.1 Å². The molecule has 1 aliphatic rings. The number of thiophene rings is 1. The summed E-state index contributed by atoms with van der Waals surface area (Å²) in [5.41, 5.74) is 7.01. The van der Waals surface area contributed by atoms with Crippen LogP contribution in [0.2, 0.25) is 0 Å². The van der Waals surface area contributed by atoms with E-state index in [0.29, 0.717) is 0 Å². The first kappa shape index (κ1) is 26.3. The van der Waals surface area contributed by atoms with Gasteiger partial charge in [-0.25, -0.2) is 0 Å². The minimum absolute atomic E-state index is 0. The van der Waals surface area contributed by atoms with E-state index in [9.17, 15) is 0 Å². The van der Waals surface area contributed by atoms with Gasteiger partial charge in [0.25, 0.3) is 0 Å². The van der Waals surface area contributed by atoms with Crippen LogP contribution < -0.4 is 0 Å². The molecule has 3 nitrogen and oxygen atoms in total. The third-order valence-corrected chi connectivity index (χ3v) is 7.67. The van der Waals surface area contributed by atoms with Crippen LogP contribution in [-0.2, 0) is 38.4 Å². The summed E-state index contributed by atoms with van der Waals surface area (Å²) in [5.74, 6) is 0. The van der Waals surface area contributed by atoms with Crippen molar-refractivity contribution in [3.05, 3.63) is 101 Å². The van der Waals surface area contributed by atoms with Crippen molar-refractivity contribution < 1.29 is 20.1 Å². The Kier molecular flexibility index (Phi) is 8.46. The van der Waals surface area contributed by atoms with Crippen LogP contribution in [0.25, 0.3) is 32.6 Å². The molecule has 0 aliphatic heterocycles. The molecule has 4 aromatic heterocycles. The Morgan fingerprint density at radius 3 is 2.44 bits per heavy atom. The molecule has 0 unspecified atom stereocenters.